The van der Waals surface area contributed by atoms with Crippen LogP contribution in [0.1, 0.15) is 99.8 Å². The third-order valence-electron chi connectivity index (χ3n) is 19.7. The first kappa shape index (κ1) is 52.4. The number of rotatable bonds is 9. The van der Waals surface area contributed by atoms with Crippen molar-refractivity contribution in [1.82, 2.24) is 0 Å². The zero-order valence-corrected chi connectivity index (χ0v) is 40.0. The molecule has 5 aliphatic carbocycles. The molecule has 0 unspecified atom stereocenters. The van der Waals surface area contributed by atoms with E-state index < -0.39 is 151 Å². The summed E-state index contributed by atoms with van der Waals surface area (Å²) in [6.45, 7) is 12.5. The van der Waals surface area contributed by atoms with Gasteiger partial charge in [0.15, 0.2) is 12.6 Å². The van der Waals surface area contributed by atoms with Crippen molar-refractivity contribution in [1.29, 1.82) is 0 Å². The lowest BCUT2D eigenvalue weighted by Gasteiger charge is -2.71. The number of ether oxygens (including phenoxy) is 6. The molecule has 27 atom stereocenters. The second kappa shape index (κ2) is 18.5. The third kappa shape index (κ3) is 7.76. The Balaban J connectivity index is 0.990. The molecule has 3 aliphatic heterocycles. The summed E-state index contributed by atoms with van der Waals surface area (Å²) in [5.41, 5.74) is -2.89. The maximum Gasteiger partial charge on any atom is 0.315 e. The number of carbonyl (C=O) groups excluding carboxylic acids is 1. The minimum Gasteiger partial charge on any atom is -0.481 e. The molecular formula is C48H76O20. The Bertz CT molecular complexity index is 1900. The van der Waals surface area contributed by atoms with Gasteiger partial charge in [-0.2, -0.15) is 0 Å². The summed E-state index contributed by atoms with van der Waals surface area (Å²) in [5, 5.41) is 129. The SMILES string of the molecule is C[C@H]1[C@H](C)CC[C@]2(C(=O)O[C@@H]3O[C@H](CO[C@@H]4O[C@H](CO)[C@@H](O[C@@H]5O[C@@H](C)[C@H](O)[C@@H](O)[C@H]5O)[C@H](O)[C@H]4O)[C@@H](O)[C@H](O)[C@H]3O)CC[C@]3(C)C(=CC[C@@H]4[C@@]5(C)C[C@@H](O)[C@H](O)[C@@](C)(C(=O)O)[C@@H]5CC[C@]43C)[C@H]12. The number of carboxylic acid groups (broad SMARTS) is 1. The van der Waals surface area contributed by atoms with Crippen LogP contribution in [0.3, 0.4) is 0 Å². The lowest BCUT2D eigenvalue weighted by molar-refractivity contribution is -0.361. The van der Waals surface area contributed by atoms with Crippen LogP contribution < -0.4 is 0 Å². The van der Waals surface area contributed by atoms with E-state index >= 15 is 4.79 Å². The standard InChI is InChI=1S/C48H76O20/c1-19-10-13-48(15-14-45(5)22(28(48)20(19)2)8-9-26-44(4)16-23(50)38(59)47(7,42(60)61)27(44)11-12-46(26,45)6)43(62)68-41-35(57)32(54)30(52)25(66-41)18-63-39-36(58)33(55)37(24(17-49)65-39)67-40-34(56)31(53)29(51)21(3)64-40/h8,19-21,23-41,49-59H,9-18H2,1-7H3,(H,60,61)/t19-,20+,21+,23-,24-,25-,26-,27-,28+,29+,30-,31-,32+,33-,34-,35-,36-,37-,38+,39-,40+,41+,44-,45-,46-,47+,48+/m1/s1. The monoisotopic (exact) mass is 972 g/mol. The molecule has 7 fully saturated rings. The fraction of sp³-hybridized carbons (Fsp3) is 0.917. The lowest BCUT2D eigenvalue weighted by atomic mass is 9.33. The van der Waals surface area contributed by atoms with Crippen molar-refractivity contribution in [2.45, 2.75) is 204 Å². The number of fused-ring (bicyclic) bond motifs is 7. The molecular weight excluding hydrogens is 897 g/mol. The summed E-state index contributed by atoms with van der Waals surface area (Å²) in [6.07, 6.45) is -20.7. The van der Waals surface area contributed by atoms with Crippen LogP contribution >= 0.6 is 0 Å². The lowest BCUT2D eigenvalue weighted by Crippen LogP contribution is -2.69. The fourth-order valence-electron chi connectivity index (χ4n) is 15.1. The van der Waals surface area contributed by atoms with Crippen LogP contribution in [0, 0.1) is 56.7 Å². The van der Waals surface area contributed by atoms with E-state index in [-0.39, 0.29) is 41.4 Å². The Morgan fingerprint density at radius 1 is 0.706 bits per heavy atom. The van der Waals surface area contributed by atoms with Gasteiger partial charge in [0.1, 0.15) is 67.1 Å². The summed E-state index contributed by atoms with van der Waals surface area (Å²) in [4.78, 5) is 27.9. The van der Waals surface area contributed by atoms with Gasteiger partial charge in [0.25, 0.3) is 0 Å². The number of aliphatic carboxylic acids is 1. The average Bonchev–Trinajstić information content (AvgIpc) is 3.29. The van der Waals surface area contributed by atoms with E-state index in [1.165, 1.54) is 6.92 Å². The number of esters is 1. The average molecular weight is 973 g/mol. The first-order valence-electron chi connectivity index (χ1n) is 24.5. The van der Waals surface area contributed by atoms with Gasteiger partial charge in [-0.3, -0.25) is 9.59 Å². The highest BCUT2D eigenvalue weighted by Crippen LogP contribution is 2.76. The van der Waals surface area contributed by atoms with E-state index in [9.17, 15) is 66.1 Å². The van der Waals surface area contributed by atoms with Gasteiger partial charge < -0.3 is 89.7 Å². The summed E-state index contributed by atoms with van der Waals surface area (Å²) in [5.74, 6) is -2.23. The van der Waals surface area contributed by atoms with Gasteiger partial charge in [0, 0.05) is 0 Å². The van der Waals surface area contributed by atoms with Crippen molar-refractivity contribution in [3.05, 3.63) is 11.6 Å². The minimum atomic E-state index is -1.89. The summed E-state index contributed by atoms with van der Waals surface area (Å²) in [7, 11) is 0. The second-order valence-electron chi connectivity index (χ2n) is 22.8. The van der Waals surface area contributed by atoms with E-state index in [1.54, 1.807) is 6.92 Å². The van der Waals surface area contributed by atoms with Gasteiger partial charge in [-0.25, -0.2) is 0 Å². The molecule has 20 nitrogen and oxygen atoms in total. The number of aliphatic hydroxyl groups is 11. The Morgan fingerprint density at radius 2 is 1.34 bits per heavy atom. The molecule has 12 N–H and O–H groups in total. The van der Waals surface area contributed by atoms with Crippen molar-refractivity contribution < 1.29 is 99.3 Å². The van der Waals surface area contributed by atoms with Crippen molar-refractivity contribution in [3.63, 3.8) is 0 Å². The first-order valence-corrected chi connectivity index (χ1v) is 24.5. The Kier molecular flexibility index (Phi) is 14.3. The quantitative estimate of drug-likeness (QED) is 0.0980. The van der Waals surface area contributed by atoms with Crippen molar-refractivity contribution in [3.8, 4) is 0 Å². The molecule has 0 aromatic rings. The second-order valence-corrected chi connectivity index (χ2v) is 22.8. The molecule has 68 heavy (non-hydrogen) atoms. The molecule has 388 valence electrons. The van der Waals surface area contributed by atoms with Crippen LogP contribution in [0.25, 0.3) is 0 Å². The molecule has 8 aliphatic rings. The van der Waals surface area contributed by atoms with Crippen LogP contribution in [-0.4, -0.2) is 191 Å². The van der Waals surface area contributed by atoms with E-state index in [0.717, 1.165) is 5.57 Å². The summed E-state index contributed by atoms with van der Waals surface area (Å²) < 4.78 is 34.6. The van der Waals surface area contributed by atoms with Crippen LogP contribution in [-0.2, 0) is 38.0 Å². The molecule has 0 radical (unpaired) electrons. The Morgan fingerprint density at radius 3 is 2.00 bits per heavy atom. The number of hydrogen-bond donors (Lipinski definition) is 12. The predicted molar refractivity (Wildman–Crippen MR) is 232 cm³/mol. The summed E-state index contributed by atoms with van der Waals surface area (Å²) in [6, 6.07) is 0. The van der Waals surface area contributed by atoms with Crippen LogP contribution in [0.4, 0.5) is 0 Å². The van der Waals surface area contributed by atoms with Crippen LogP contribution in [0.15, 0.2) is 11.6 Å². The number of carbonyl (C=O) groups is 2. The number of allylic oxidation sites excluding steroid dienone is 2. The number of carboxylic acids is 1. The van der Waals surface area contributed by atoms with E-state index in [0.29, 0.717) is 44.9 Å². The van der Waals surface area contributed by atoms with Gasteiger partial charge in [0.2, 0.25) is 6.29 Å². The zero-order chi connectivity index (χ0) is 50.0. The molecule has 8 rings (SSSR count). The maximum atomic E-state index is 15.0. The van der Waals surface area contributed by atoms with Crippen molar-refractivity contribution in [2.75, 3.05) is 13.2 Å². The van der Waals surface area contributed by atoms with E-state index in [2.05, 4.69) is 40.7 Å². The fourth-order valence-corrected chi connectivity index (χ4v) is 15.1. The van der Waals surface area contributed by atoms with Gasteiger partial charge in [0.05, 0.1) is 42.4 Å². The normalized spacial score (nSPS) is 55.9. The molecule has 0 aromatic heterocycles. The highest BCUT2D eigenvalue weighted by molar-refractivity contribution is 5.79. The largest absolute Gasteiger partial charge is 0.481 e. The maximum absolute atomic E-state index is 15.0. The number of hydrogen-bond acceptors (Lipinski definition) is 19. The molecule has 3 heterocycles. The highest BCUT2D eigenvalue weighted by Gasteiger charge is 2.72. The first-order chi connectivity index (χ1) is 31.7. The van der Waals surface area contributed by atoms with Crippen LogP contribution in [0.5, 0.6) is 0 Å². The van der Waals surface area contributed by atoms with E-state index in [4.69, 9.17) is 28.4 Å². The predicted octanol–water partition coefficient (Wildman–Crippen LogP) is -0.940. The topological polar surface area (TPSA) is 332 Å². The van der Waals surface area contributed by atoms with Crippen molar-refractivity contribution >= 4 is 11.9 Å². The minimum absolute atomic E-state index is 0.00953. The van der Waals surface area contributed by atoms with Gasteiger partial charge in [-0.05, 0) is 111 Å². The Labute approximate surface area is 396 Å². The Hall–Kier alpha value is -1.96. The molecule has 0 aromatic carbocycles. The van der Waals surface area contributed by atoms with Gasteiger partial charge >= 0.3 is 11.9 Å². The smallest absolute Gasteiger partial charge is 0.315 e. The molecule has 0 amide bonds. The van der Waals surface area contributed by atoms with Gasteiger partial charge in [-0.15, -0.1) is 0 Å². The highest BCUT2D eigenvalue weighted by atomic mass is 16.8. The van der Waals surface area contributed by atoms with Crippen molar-refractivity contribution in [2.24, 2.45) is 56.7 Å². The third-order valence-corrected chi connectivity index (χ3v) is 19.7. The molecule has 3 saturated heterocycles. The zero-order valence-electron chi connectivity index (χ0n) is 40.0. The summed E-state index contributed by atoms with van der Waals surface area (Å²) >= 11 is 0. The number of aliphatic hydroxyl groups excluding tert-OH is 11. The van der Waals surface area contributed by atoms with Gasteiger partial charge in [-0.1, -0.05) is 46.3 Å². The molecule has 4 saturated carbocycles. The molecule has 20 heteroatoms. The van der Waals surface area contributed by atoms with E-state index in [1.807, 2.05) is 0 Å². The molecule has 0 bridgehead atoms. The molecule has 0 spiro atoms. The van der Waals surface area contributed by atoms with Crippen LogP contribution in [0.2, 0.25) is 0 Å².